The van der Waals surface area contributed by atoms with Crippen LogP contribution < -0.4 is 47.7 Å². The molecule has 1 aliphatic carbocycles. The number of epoxide rings is 1. The van der Waals surface area contributed by atoms with E-state index in [4.69, 9.17) is 45.8 Å². The van der Waals surface area contributed by atoms with E-state index in [0.29, 0.717) is 27.6 Å². The molecule has 0 aromatic heterocycles. The number of methoxy groups -OCH3 is 1. The first-order chi connectivity index (χ1) is 45.4. The van der Waals surface area contributed by atoms with E-state index < -0.39 is 107 Å². The van der Waals surface area contributed by atoms with Crippen molar-refractivity contribution in [1.82, 2.24) is 31.9 Å². The maximum atomic E-state index is 14.0. The third kappa shape index (κ3) is 20.0. The number of alkyl carbamates (subject to hydrolysis) is 2. The lowest BCUT2D eigenvalue weighted by Crippen LogP contribution is -2.54. The fraction of sp³-hybridized carbons (Fsp3) is 0.423. The Morgan fingerprint density at radius 1 is 0.768 bits per heavy atom. The lowest BCUT2D eigenvalue weighted by atomic mass is 9.92. The largest absolute Gasteiger partial charge is 0.495 e. The molecular formula is C71H85ClN8O15. The minimum atomic E-state index is -1.29. The molecule has 0 spiro atoms. The molecule has 1 fully saturated rings. The number of carbonyl (C=O) groups excluding carboxylic acids is 9. The first kappa shape index (κ1) is 71.4. The molecule has 5 aromatic carbocycles. The van der Waals surface area contributed by atoms with E-state index in [1.165, 1.54) is 13.2 Å². The highest BCUT2D eigenvalue weighted by molar-refractivity contribution is 6.32. The van der Waals surface area contributed by atoms with Gasteiger partial charge in [-0.1, -0.05) is 143 Å². The number of esters is 2. The SMILES string of the molecule is COc1ccc(C[C@H]2NC(=O)/C=C/C[C@@H]([C@H](C)[C@@H]3O[C@H]3c3ccc(CNC(=O)OCc4ccc(NC(=O)[C@H](CCCNC(N)=O)NC(=O)C(NC(=O)OCC5c6ccccc6-c6ccccc65)C(C)C)cc4)cc3)OC(=O)[C@H](CC(C)C)OC(=O)C(C)(C)CNC2=O)cc1Cl. The van der Waals surface area contributed by atoms with Crippen LogP contribution in [0.25, 0.3) is 11.1 Å². The summed E-state index contributed by atoms with van der Waals surface area (Å²) in [5.74, 6) is -4.40. The molecular weight excluding hydrogens is 1240 g/mol. The predicted octanol–water partition coefficient (Wildman–Crippen LogP) is 8.99. The Morgan fingerprint density at radius 3 is 2.07 bits per heavy atom. The molecule has 95 heavy (non-hydrogen) atoms. The number of urea groups is 1. The maximum Gasteiger partial charge on any atom is 0.407 e. The molecule has 24 heteroatoms. The number of rotatable bonds is 24. The Hall–Kier alpha value is -9.48. The summed E-state index contributed by atoms with van der Waals surface area (Å²) in [5.41, 5.74) is 11.4. The van der Waals surface area contributed by atoms with Gasteiger partial charge in [-0.25, -0.2) is 19.2 Å². The summed E-state index contributed by atoms with van der Waals surface area (Å²) < 4.78 is 34.7. The molecule has 0 bridgehead atoms. The van der Waals surface area contributed by atoms with Crippen LogP contribution >= 0.6 is 11.6 Å². The summed E-state index contributed by atoms with van der Waals surface area (Å²) in [6, 6.07) is 30.9. The van der Waals surface area contributed by atoms with Gasteiger partial charge in [-0.2, -0.15) is 0 Å². The highest BCUT2D eigenvalue weighted by Crippen LogP contribution is 2.46. The number of cyclic esters (lactones) is 2. The number of fused-ring (bicyclic) bond motifs is 3. The highest BCUT2D eigenvalue weighted by Gasteiger charge is 2.48. The maximum absolute atomic E-state index is 14.0. The van der Waals surface area contributed by atoms with Crippen molar-refractivity contribution >= 4 is 71.1 Å². The van der Waals surface area contributed by atoms with E-state index in [-0.39, 0.29) is 82.9 Å². The average Bonchev–Trinajstić information content (AvgIpc) is 1.63. The fourth-order valence-corrected chi connectivity index (χ4v) is 11.6. The van der Waals surface area contributed by atoms with Gasteiger partial charge in [0.05, 0.1) is 23.7 Å². The fourth-order valence-electron chi connectivity index (χ4n) is 11.3. The van der Waals surface area contributed by atoms with E-state index in [1.807, 2.05) is 93.6 Å². The van der Waals surface area contributed by atoms with E-state index >= 15 is 0 Å². The number of hydrogen-bond acceptors (Lipinski definition) is 15. The number of hydrogen-bond donors (Lipinski definition) is 8. The summed E-state index contributed by atoms with van der Waals surface area (Å²) in [6.45, 7) is 12.4. The molecule has 0 radical (unpaired) electrons. The van der Waals surface area contributed by atoms with E-state index in [9.17, 15) is 43.2 Å². The summed E-state index contributed by atoms with van der Waals surface area (Å²) in [7, 11) is 1.48. The zero-order valence-electron chi connectivity index (χ0n) is 54.6. The van der Waals surface area contributed by atoms with Gasteiger partial charge >= 0.3 is 30.2 Å². The van der Waals surface area contributed by atoms with Crippen LogP contribution in [0.15, 0.2) is 127 Å². The Morgan fingerprint density at radius 2 is 1.43 bits per heavy atom. The number of primary amides is 1. The number of amides is 8. The van der Waals surface area contributed by atoms with Crippen molar-refractivity contribution in [1.29, 1.82) is 0 Å². The van der Waals surface area contributed by atoms with Gasteiger partial charge < -0.3 is 71.4 Å². The van der Waals surface area contributed by atoms with Crippen molar-refractivity contribution < 1.29 is 71.6 Å². The van der Waals surface area contributed by atoms with Crippen LogP contribution in [-0.2, 0) is 72.0 Å². The third-order valence-electron chi connectivity index (χ3n) is 16.8. The Kier molecular flexibility index (Phi) is 24.8. The number of ether oxygens (including phenoxy) is 6. The van der Waals surface area contributed by atoms with Crippen LogP contribution in [0, 0.1) is 23.2 Å². The second-order valence-corrected chi connectivity index (χ2v) is 25.8. The molecule has 3 aliphatic rings. The van der Waals surface area contributed by atoms with Crippen LogP contribution in [0.2, 0.25) is 5.02 Å². The molecule has 8 amide bonds. The number of halogens is 1. The summed E-state index contributed by atoms with van der Waals surface area (Å²) in [4.78, 5) is 120. The molecule has 2 aliphatic heterocycles. The zero-order valence-corrected chi connectivity index (χ0v) is 55.4. The second-order valence-electron chi connectivity index (χ2n) is 25.4. The normalized spacial score (nSPS) is 20.0. The number of nitrogens with two attached hydrogens (primary N) is 1. The third-order valence-corrected chi connectivity index (χ3v) is 17.1. The van der Waals surface area contributed by atoms with E-state index in [2.05, 4.69) is 37.2 Å². The zero-order chi connectivity index (χ0) is 68.5. The molecule has 1 unspecified atom stereocenters. The van der Waals surface area contributed by atoms with E-state index in [0.717, 1.165) is 33.4 Å². The number of anilines is 1. The minimum Gasteiger partial charge on any atom is -0.495 e. The molecule has 5 aromatic rings. The van der Waals surface area contributed by atoms with Gasteiger partial charge in [0.25, 0.3) is 0 Å². The van der Waals surface area contributed by atoms with Gasteiger partial charge in [-0.15, -0.1) is 0 Å². The number of nitrogens with one attached hydrogen (secondary N) is 7. The molecule has 8 atom stereocenters. The van der Waals surface area contributed by atoms with Crippen molar-refractivity contribution in [2.75, 3.05) is 32.1 Å². The standard InChI is InChI=1S/C71H85ClN8O15/c1-40(2)33-58-66(85)93-56(20-13-21-59(81)78-55(35-45-26-31-57(90-8)53(72)34-45)63(82)76-39-71(6,7)67(86)94-58)42(5)61-62(95-61)46-27-22-43(23-28-46)36-75-69(88)91-37-44-24-29-47(30-25-44)77-64(83)54(19-14-32-74-68(73)87)79-65(84)60(41(3)4)80-70(89)92-38-52-50-17-11-9-15-48(50)49-16-10-12-18-51(49)52/h9-13,15-18,21-31,34,40-42,52,54-56,58,60-62H,14,19-20,32-33,35-39H2,1-8H3,(H,75,88)(H,76,82)(H,77,83)(H,78,81)(H,79,84)(H,80,89)(H3,73,74,87)/b21-13+/t42-,54-,55+,56-,58-,60?,61-,62-/m0/s1. The molecule has 2 heterocycles. The molecule has 9 N–H and O–H groups in total. The van der Waals surface area contributed by atoms with Crippen LogP contribution in [0.5, 0.6) is 5.75 Å². The van der Waals surface area contributed by atoms with E-state index in [1.54, 1.807) is 76.2 Å². The van der Waals surface area contributed by atoms with Crippen LogP contribution in [0.4, 0.5) is 20.1 Å². The Balaban J connectivity index is 0.821. The van der Waals surface area contributed by atoms with Crippen molar-refractivity contribution in [2.45, 2.75) is 142 Å². The highest BCUT2D eigenvalue weighted by atomic mass is 35.5. The monoisotopic (exact) mass is 1320 g/mol. The molecule has 8 rings (SSSR count). The quantitative estimate of drug-likeness (QED) is 0.0124. The van der Waals surface area contributed by atoms with Crippen LogP contribution in [-0.4, -0.2) is 117 Å². The molecule has 506 valence electrons. The average molecular weight is 1330 g/mol. The van der Waals surface area contributed by atoms with Crippen LogP contribution in [0.3, 0.4) is 0 Å². The minimum absolute atomic E-state index is 0.0424. The first-order valence-electron chi connectivity index (χ1n) is 31.9. The van der Waals surface area contributed by atoms with Gasteiger partial charge in [0.2, 0.25) is 23.6 Å². The van der Waals surface area contributed by atoms with Gasteiger partial charge in [0, 0.05) is 50.0 Å². The van der Waals surface area contributed by atoms with Crippen LogP contribution in [0.1, 0.15) is 120 Å². The van der Waals surface area contributed by atoms with Crippen molar-refractivity contribution in [3.8, 4) is 16.9 Å². The van der Waals surface area contributed by atoms with Gasteiger partial charge in [-0.3, -0.25) is 24.0 Å². The summed E-state index contributed by atoms with van der Waals surface area (Å²) >= 11 is 6.39. The molecule has 0 saturated carbocycles. The first-order valence-corrected chi connectivity index (χ1v) is 32.2. The van der Waals surface area contributed by atoms with Crippen molar-refractivity contribution in [2.24, 2.45) is 28.9 Å². The Labute approximate surface area is 558 Å². The summed E-state index contributed by atoms with van der Waals surface area (Å²) in [5, 5.41) is 19.4. The molecule has 1 saturated heterocycles. The molecule has 23 nitrogen and oxygen atoms in total. The number of benzene rings is 5. The van der Waals surface area contributed by atoms with Gasteiger partial charge in [-0.05, 0) is 120 Å². The smallest absolute Gasteiger partial charge is 0.407 e. The summed E-state index contributed by atoms with van der Waals surface area (Å²) in [6.07, 6.45) is -0.807. The second kappa shape index (κ2) is 33.1. The predicted molar refractivity (Wildman–Crippen MR) is 354 cm³/mol. The number of carbonyl (C=O) groups is 9. The lowest BCUT2D eigenvalue weighted by molar-refractivity contribution is -0.179. The van der Waals surface area contributed by atoms with Crippen molar-refractivity contribution in [3.05, 3.63) is 166 Å². The van der Waals surface area contributed by atoms with Crippen molar-refractivity contribution in [3.63, 3.8) is 0 Å². The van der Waals surface area contributed by atoms with Gasteiger partial charge in [0.1, 0.15) is 49.3 Å². The van der Waals surface area contributed by atoms with Gasteiger partial charge in [0.15, 0.2) is 6.10 Å². The lowest BCUT2D eigenvalue weighted by Gasteiger charge is -2.29. The topological polar surface area (TPSA) is 323 Å². The Bertz CT molecular complexity index is 3550.